The number of ether oxygens (including phenoxy) is 1. The number of nitrogens with zero attached hydrogens (tertiary/aromatic N) is 1. The van der Waals surface area contributed by atoms with Crippen LogP contribution in [0.25, 0.3) is 0 Å². The third-order valence-corrected chi connectivity index (χ3v) is 4.73. The Morgan fingerprint density at radius 2 is 2.11 bits per heavy atom. The van der Waals surface area contributed by atoms with Gasteiger partial charge in [0.15, 0.2) is 0 Å². The topological polar surface area (TPSA) is 41.6 Å². The lowest BCUT2D eigenvalue weighted by molar-refractivity contribution is -0.137. The maximum atomic E-state index is 12.3. The Labute approximate surface area is 109 Å². The highest BCUT2D eigenvalue weighted by Crippen LogP contribution is 2.27. The molecule has 4 heteroatoms. The van der Waals surface area contributed by atoms with E-state index in [-0.39, 0.29) is 6.10 Å². The summed E-state index contributed by atoms with van der Waals surface area (Å²) in [5.74, 6) is 1.81. The molecule has 102 valence electrons. The molecule has 1 amide bonds. The Morgan fingerprint density at radius 3 is 2.94 bits per heavy atom. The number of likely N-dealkylation sites (tertiary alicyclic amines) is 1. The van der Waals surface area contributed by atoms with Crippen molar-refractivity contribution in [3.05, 3.63) is 0 Å². The largest absolute Gasteiger partial charge is 0.378 e. The molecule has 3 rings (SSSR count). The summed E-state index contributed by atoms with van der Waals surface area (Å²) in [6.07, 6.45) is 5.40. The number of carbonyl (C=O) groups excluding carboxylic acids is 1. The number of nitrogens with one attached hydrogen (secondary N) is 1. The molecule has 4 nitrogen and oxygen atoms in total. The van der Waals surface area contributed by atoms with E-state index in [1.807, 2.05) is 0 Å². The molecule has 0 saturated carbocycles. The first kappa shape index (κ1) is 12.4. The van der Waals surface area contributed by atoms with Crippen LogP contribution in [-0.2, 0) is 9.53 Å². The second-order valence-electron chi connectivity index (χ2n) is 6.00. The molecule has 0 aromatic heterocycles. The number of carbonyl (C=O) groups is 1. The summed E-state index contributed by atoms with van der Waals surface area (Å²) in [6.45, 7) is 5.00. The number of rotatable bonds is 2. The lowest BCUT2D eigenvalue weighted by Crippen LogP contribution is -2.44. The summed E-state index contributed by atoms with van der Waals surface area (Å²) in [6, 6.07) is 0. The van der Waals surface area contributed by atoms with Crippen molar-refractivity contribution < 1.29 is 9.53 Å². The first-order chi connectivity index (χ1) is 8.83. The van der Waals surface area contributed by atoms with Crippen molar-refractivity contribution in [1.82, 2.24) is 10.2 Å². The van der Waals surface area contributed by atoms with Crippen molar-refractivity contribution in [2.45, 2.75) is 38.2 Å². The zero-order chi connectivity index (χ0) is 12.4. The van der Waals surface area contributed by atoms with Crippen molar-refractivity contribution in [2.75, 3.05) is 32.8 Å². The first-order valence-corrected chi connectivity index (χ1v) is 7.43. The highest BCUT2D eigenvalue weighted by Gasteiger charge is 2.34. The fraction of sp³-hybridized carbons (Fsp3) is 0.929. The fourth-order valence-electron chi connectivity index (χ4n) is 3.55. The van der Waals surface area contributed by atoms with Gasteiger partial charge in [-0.05, 0) is 50.6 Å². The van der Waals surface area contributed by atoms with Crippen molar-refractivity contribution in [1.29, 1.82) is 0 Å². The van der Waals surface area contributed by atoms with E-state index in [2.05, 4.69) is 10.2 Å². The fourth-order valence-corrected chi connectivity index (χ4v) is 3.55. The molecular weight excluding hydrogens is 228 g/mol. The van der Waals surface area contributed by atoms with Crippen LogP contribution in [-0.4, -0.2) is 49.7 Å². The van der Waals surface area contributed by atoms with Crippen molar-refractivity contribution in [3.63, 3.8) is 0 Å². The quantitative estimate of drug-likeness (QED) is 0.797. The van der Waals surface area contributed by atoms with Gasteiger partial charge in [-0.15, -0.1) is 0 Å². The van der Waals surface area contributed by atoms with Gasteiger partial charge in [0.2, 0.25) is 5.91 Å². The third kappa shape index (κ3) is 2.69. The molecule has 3 fully saturated rings. The van der Waals surface area contributed by atoms with Crippen molar-refractivity contribution in [3.8, 4) is 0 Å². The molecule has 3 atom stereocenters. The minimum atomic E-state index is 0.186. The lowest BCUT2D eigenvalue weighted by atomic mass is 9.88. The van der Waals surface area contributed by atoms with Crippen LogP contribution < -0.4 is 5.32 Å². The molecule has 3 saturated heterocycles. The van der Waals surface area contributed by atoms with Crippen LogP contribution >= 0.6 is 0 Å². The van der Waals surface area contributed by atoms with Crippen LogP contribution in [0.15, 0.2) is 0 Å². The maximum Gasteiger partial charge on any atom is 0.225 e. The summed E-state index contributed by atoms with van der Waals surface area (Å²) < 4.78 is 5.67. The lowest BCUT2D eigenvalue weighted by Gasteiger charge is -2.35. The second kappa shape index (κ2) is 5.57. The average Bonchev–Trinajstić information content (AvgIpc) is 2.87. The summed E-state index contributed by atoms with van der Waals surface area (Å²) in [7, 11) is 0. The van der Waals surface area contributed by atoms with Gasteiger partial charge in [0.1, 0.15) is 0 Å². The van der Waals surface area contributed by atoms with Crippen LogP contribution in [0, 0.1) is 11.8 Å². The molecule has 3 heterocycles. The van der Waals surface area contributed by atoms with Gasteiger partial charge in [0.25, 0.3) is 0 Å². The minimum absolute atomic E-state index is 0.186. The standard InChI is InChI=1S/C14H24N2O2/c17-14(7-13-3-1-2-6-18-13)16-5-4-11-8-15-9-12(11)10-16/h11-13,15H,1-10H2. The zero-order valence-electron chi connectivity index (χ0n) is 11.1. The van der Waals surface area contributed by atoms with Crippen LogP contribution in [0.5, 0.6) is 0 Å². The van der Waals surface area contributed by atoms with Gasteiger partial charge in [-0.25, -0.2) is 0 Å². The molecule has 18 heavy (non-hydrogen) atoms. The van der Waals surface area contributed by atoms with Gasteiger partial charge in [-0.3, -0.25) is 4.79 Å². The van der Waals surface area contributed by atoms with E-state index in [0.717, 1.165) is 51.5 Å². The third-order valence-electron chi connectivity index (χ3n) is 4.73. The van der Waals surface area contributed by atoms with Crippen molar-refractivity contribution >= 4 is 5.91 Å². The molecule has 0 spiro atoms. The monoisotopic (exact) mass is 252 g/mol. The Kier molecular flexibility index (Phi) is 3.85. The van der Waals surface area contributed by atoms with E-state index in [1.165, 1.54) is 12.8 Å². The molecule has 3 aliphatic heterocycles. The number of hydrogen-bond acceptors (Lipinski definition) is 3. The molecule has 0 aromatic rings. The Balaban J connectivity index is 1.49. The van der Waals surface area contributed by atoms with E-state index < -0.39 is 0 Å². The minimum Gasteiger partial charge on any atom is -0.378 e. The molecule has 0 aromatic carbocycles. The SMILES string of the molecule is O=C(CC1CCCCO1)N1CCC2CNCC2C1. The molecular formula is C14H24N2O2. The molecule has 0 radical (unpaired) electrons. The van der Waals surface area contributed by atoms with Gasteiger partial charge in [0.05, 0.1) is 12.5 Å². The summed E-state index contributed by atoms with van der Waals surface area (Å²) in [4.78, 5) is 14.4. The number of piperidine rings is 1. The Bertz CT molecular complexity index is 302. The molecule has 1 N–H and O–H groups in total. The summed E-state index contributed by atoms with van der Waals surface area (Å²) in [5.41, 5.74) is 0. The summed E-state index contributed by atoms with van der Waals surface area (Å²) >= 11 is 0. The van der Waals surface area contributed by atoms with Crippen LogP contribution in [0.4, 0.5) is 0 Å². The molecule has 0 bridgehead atoms. The van der Waals surface area contributed by atoms with E-state index in [9.17, 15) is 4.79 Å². The van der Waals surface area contributed by atoms with E-state index >= 15 is 0 Å². The van der Waals surface area contributed by atoms with Crippen molar-refractivity contribution in [2.24, 2.45) is 11.8 Å². The highest BCUT2D eigenvalue weighted by molar-refractivity contribution is 5.76. The number of hydrogen-bond donors (Lipinski definition) is 1. The maximum absolute atomic E-state index is 12.3. The predicted molar refractivity (Wildman–Crippen MR) is 69.3 cm³/mol. The first-order valence-electron chi connectivity index (χ1n) is 7.43. The van der Waals surface area contributed by atoms with Gasteiger partial charge < -0.3 is 15.0 Å². The van der Waals surface area contributed by atoms with E-state index in [4.69, 9.17) is 4.74 Å². The molecule has 3 unspecified atom stereocenters. The van der Waals surface area contributed by atoms with Crippen LogP contribution in [0.3, 0.4) is 0 Å². The van der Waals surface area contributed by atoms with Crippen LogP contribution in [0.2, 0.25) is 0 Å². The molecule has 0 aliphatic carbocycles. The number of fused-ring (bicyclic) bond motifs is 1. The second-order valence-corrected chi connectivity index (χ2v) is 6.00. The van der Waals surface area contributed by atoms with Gasteiger partial charge in [0, 0.05) is 19.7 Å². The van der Waals surface area contributed by atoms with Gasteiger partial charge in [-0.2, -0.15) is 0 Å². The Morgan fingerprint density at radius 1 is 1.22 bits per heavy atom. The highest BCUT2D eigenvalue weighted by atomic mass is 16.5. The average molecular weight is 252 g/mol. The van der Waals surface area contributed by atoms with E-state index in [0.29, 0.717) is 18.2 Å². The smallest absolute Gasteiger partial charge is 0.225 e. The zero-order valence-corrected chi connectivity index (χ0v) is 11.1. The Hall–Kier alpha value is -0.610. The van der Waals surface area contributed by atoms with Gasteiger partial charge in [-0.1, -0.05) is 0 Å². The van der Waals surface area contributed by atoms with E-state index in [1.54, 1.807) is 0 Å². The normalized spacial score (nSPS) is 36.4. The predicted octanol–water partition coefficient (Wildman–Crippen LogP) is 1.01. The summed E-state index contributed by atoms with van der Waals surface area (Å²) in [5, 5.41) is 3.44. The van der Waals surface area contributed by atoms with Gasteiger partial charge >= 0.3 is 0 Å². The van der Waals surface area contributed by atoms with Crippen LogP contribution in [0.1, 0.15) is 32.1 Å². The number of amides is 1. The molecule has 3 aliphatic rings.